The first kappa shape index (κ1) is 18.0. The van der Waals surface area contributed by atoms with Gasteiger partial charge < -0.3 is 9.84 Å². The second-order valence-corrected chi connectivity index (χ2v) is 7.03. The third kappa shape index (κ3) is 4.05. The molecule has 0 bridgehead atoms. The van der Waals surface area contributed by atoms with Gasteiger partial charge in [-0.2, -0.15) is 0 Å². The number of aliphatic carboxylic acids is 1. The summed E-state index contributed by atoms with van der Waals surface area (Å²) in [5.41, 5.74) is 1.90. The molecule has 6 nitrogen and oxygen atoms in total. The number of carbonyl (C=O) groups is 1. The number of benzene rings is 2. The SMILES string of the molecule is Cc1ccccc1OCc1nnc(SC(C)C(=O)O)n1-c1ccccc1. The molecule has 1 N–H and O–H groups in total. The van der Waals surface area contributed by atoms with Crippen LogP contribution in [0.15, 0.2) is 59.8 Å². The molecule has 1 heterocycles. The molecule has 0 saturated heterocycles. The second kappa shape index (κ2) is 8.05. The summed E-state index contributed by atoms with van der Waals surface area (Å²) in [6.45, 7) is 3.84. The van der Waals surface area contributed by atoms with E-state index in [1.807, 2.05) is 66.1 Å². The Kier molecular flexibility index (Phi) is 5.58. The van der Waals surface area contributed by atoms with Crippen molar-refractivity contribution in [2.24, 2.45) is 0 Å². The highest BCUT2D eigenvalue weighted by Crippen LogP contribution is 2.26. The van der Waals surface area contributed by atoms with Crippen molar-refractivity contribution in [1.82, 2.24) is 14.8 Å². The van der Waals surface area contributed by atoms with E-state index in [4.69, 9.17) is 4.74 Å². The van der Waals surface area contributed by atoms with Crippen LogP contribution in [-0.2, 0) is 11.4 Å². The van der Waals surface area contributed by atoms with Crippen LogP contribution in [0.5, 0.6) is 5.75 Å². The van der Waals surface area contributed by atoms with E-state index < -0.39 is 11.2 Å². The lowest BCUT2D eigenvalue weighted by Crippen LogP contribution is -2.13. The molecule has 0 aliphatic rings. The molecule has 0 fully saturated rings. The quantitative estimate of drug-likeness (QED) is 0.640. The van der Waals surface area contributed by atoms with Crippen molar-refractivity contribution in [2.75, 3.05) is 0 Å². The summed E-state index contributed by atoms with van der Waals surface area (Å²) < 4.78 is 7.74. The molecule has 2 aromatic carbocycles. The molecule has 3 aromatic rings. The zero-order valence-corrected chi connectivity index (χ0v) is 15.3. The van der Waals surface area contributed by atoms with E-state index in [1.165, 1.54) is 0 Å². The Bertz CT molecular complexity index is 896. The predicted molar refractivity (Wildman–Crippen MR) is 99.8 cm³/mol. The third-order valence-electron chi connectivity index (χ3n) is 3.80. The summed E-state index contributed by atoms with van der Waals surface area (Å²) in [6, 6.07) is 17.4. The first-order valence-corrected chi connectivity index (χ1v) is 9.02. The molecule has 26 heavy (non-hydrogen) atoms. The van der Waals surface area contributed by atoms with Crippen LogP contribution in [0, 0.1) is 6.92 Å². The topological polar surface area (TPSA) is 77.2 Å². The standard InChI is InChI=1S/C19H19N3O3S/c1-13-8-6-7-11-16(13)25-12-17-20-21-19(26-14(2)18(23)24)22(17)15-9-4-3-5-10-15/h3-11,14H,12H2,1-2H3,(H,23,24). The fourth-order valence-electron chi connectivity index (χ4n) is 2.38. The van der Waals surface area contributed by atoms with Crippen molar-refractivity contribution < 1.29 is 14.6 Å². The fourth-order valence-corrected chi connectivity index (χ4v) is 3.20. The van der Waals surface area contributed by atoms with Crippen molar-refractivity contribution in [3.8, 4) is 11.4 Å². The molecule has 0 aliphatic carbocycles. The van der Waals surface area contributed by atoms with E-state index in [-0.39, 0.29) is 6.61 Å². The lowest BCUT2D eigenvalue weighted by Gasteiger charge is -2.13. The van der Waals surface area contributed by atoms with E-state index in [0.29, 0.717) is 11.0 Å². The first-order chi connectivity index (χ1) is 12.6. The van der Waals surface area contributed by atoms with Crippen LogP contribution in [0.3, 0.4) is 0 Å². The molecule has 134 valence electrons. The molecule has 0 amide bonds. The Hall–Kier alpha value is -2.80. The number of aromatic nitrogens is 3. The molecule has 1 atom stereocenters. The number of carboxylic acid groups (broad SMARTS) is 1. The zero-order chi connectivity index (χ0) is 18.5. The Labute approximate surface area is 155 Å². The molecule has 0 saturated carbocycles. The number of ether oxygens (including phenoxy) is 1. The van der Waals surface area contributed by atoms with Gasteiger partial charge in [-0.3, -0.25) is 9.36 Å². The van der Waals surface area contributed by atoms with E-state index in [9.17, 15) is 9.90 Å². The highest BCUT2D eigenvalue weighted by Gasteiger charge is 2.20. The maximum atomic E-state index is 11.2. The van der Waals surface area contributed by atoms with Crippen molar-refractivity contribution >= 4 is 17.7 Å². The summed E-state index contributed by atoms with van der Waals surface area (Å²) in [5, 5.41) is 17.5. The number of thioether (sulfide) groups is 1. The average Bonchev–Trinajstić information content (AvgIpc) is 3.04. The predicted octanol–water partition coefficient (Wildman–Crippen LogP) is 3.72. The Morgan fingerprint density at radius 1 is 1.15 bits per heavy atom. The van der Waals surface area contributed by atoms with Gasteiger partial charge >= 0.3 is 5.97 Å². The molecule has 0 spiro atoms. The van der Waals surface area contributed by atoms with Gasteiger partial charge in [-0.15, -0.1) is 10.2 Å². The van der Waals surface area contributed by atoms with Crippen LogP contribution in [0.1, 0.15) is 18.3 Å². The maximum Gasteiger partial charge on any atom is 0.316 e. The minimum absolute atomic E-state index is 0.231. The average molecular weight is 369 g/mol. The number of carboxylic acids is 1. The molecule has 1 aromatic heterocycles. The zero-order valence-electron chi connectivity index (χ0n) is 14.5. The van der Waals surface area contributed by atoms with Crippen LogP contribution in [0.4, 0.5) is 0 Å². The van der Waals surface area contributed by atoms with Gasteiger partial charge in [-0.05, 0) is 37.6 Å². The highest BCUT2D eigenvalue weighted by molar-refractivity contribution is 8.00. The number of hydrogen-bond donors (Lipinski definition) is 1. The molecule has 0 aliphatic heterocycles. The molecule has 7 heteroatoms. The monoisotopic (exact) mass is 369 g/mol. The number of para-hydroxylation sites is 2. The molecule has 3 rings (SSSR count). The molecule has 0 radical (unpaired) electrons. The van der Waals surface area contributed by atoms with Gasteiger partial charge in [-0.25, -0.2) is 0 Å². The second-order valence-electron chi connectivity index (χ2n) is 5.72. The lowest BCUT2D eigenvalue weighted by molar-refractivity contribution is -0.136. The normalized spacial score (nSPS) is 11.9. The van der Waals surface area contributed by atoms with Crippen LogP contribution < -0.4 is 4.74 Å². The molecule has 1 unspecified atom stereocenters. The van der Waals surface area contributed by atoms with E-state index in [2.05, 4.69) is 10.2 Å². The van der Waals surface area contributed by atoms with Crippen LogP contribution in [0.25, 0.3) is 5.69 Å². The Balaban J connectivity index is 1.91. The minimum atomic E-state index is -0.893. The highest BCUT2D eigenvalue weighted by atomic mass is 32.2. The van der Waals surface area contributed by atoms with E-state index in [0.717, 1.165) is 28.8 Å². The van der Waals surface area contributed by atoms with Gasteiger partial charge in [0.05, 0.1) is 0 Å². The molecular formula is C19H19N3O3S. The maximum absolute atomic E-state index is 11.2. The van der Waals surface area contributed by atoms with Gasteiger partial charge in [0.2, 0.25) is 0 Å². The number of hydrogen-bond acceptors (Lipinski definition) is 5. The summed E-state index contributed by atoms with van der Waals surface area (Å²) in [7, 11) is 0. The smallest absolute Gasteiger partial charge is 0.316 e. The van der Waals surface area contributed by atoms with Gasteiger partial charge in [0.25, 0.3) is 0 Å². The van der Waals surface area contributed by atoms with Gasteiger partial charge in [0, 0.05) is 5.69 Å². The largest absolute Gasteiger partial charge is 0.485 e. The van der Waals surface area contributed by atoms with Crippen molar-refractivity contribution in [3.63, 3.8) is 0 Å². The number of aryl methyl sites for hydroxylation is 1. The Morgan fingerprint density at radius 3 is 2.54 bits per heavy atom. The Morgan fingerprint density at radius 2 is 1.85 bits per heavy atom. The van der Waals surface area contributed by atoms with Gasteiger partial charge in [0.1, 0.15) is 17.6 Å². The van der Waals surface area contributed by atoms with E-state index in [1.54, 1.807) is 6.92 Å². The number of rotatable bonds is 7. The van der Waals surface area contributed by atoms with Crippen LogP contribution in [-0.4, -0.2) is 31.1 Å². The first-order valence-electron chi connectivity index (χ1n) is 8.14. The van der Waals surface area contributed by atoms with E-state index >= 15 is 0 Å². The molecular weight excluding hydrogens is 350 g/mol. The summed E-state index contributed by atoms with van der Waals surface area (Å²) in [5.74, 6) is 0.498. The fraction of sp³-hybridized carbons (Fsp3) is 0.211. The third-order valence-corrected chi connectivity index (χ3v) is 4.83. The summed E-state index contributed by atoms with van der Waals surface area (Å²) in [4.78, 5) is 11.2. The summed E-state index contributed by atoms with van der Waals surface area (Å²) in [6.07, 6.45) is 0. The van der Waals surface area contributed by atoms with Crippen LogP contribution >= 0.6 is 11.8 Å². The number of nitrogens with zero attached hydrogens (tertiary/aromatic N) is 3. The van der Waals surface area contributed by atoms with Crippen molar-refractivity contribution in [2.45, 2.75) is 30.9 Å². The van der Waals surface area contributed by atoms with Crippen LogP contribution in [0.2, 0.25) is 0 Å². The lowest BCUT2D eigenvalue weighted by atomic mass is 10.2. The van der Waals surface area contributed by atoms with Gasteiger partial charge in [0.15, 0.2) is 11.0 Å². The summed E-state index contributed by atoms with van der Waals surface area (Å²) >= 11 is 1.15. The van der Waals surface area contributed by atoms with Gasteiger partial charge in [-0.1, -0.05) is 48.2 Å². The van der Waals surface area contributed by atoms with Crippen molar-refractivity contribution in [3.05, 3.63) is 66.0 Å². The minimum Gasteiger partial charge on any atom is -0.485 e. The van der Waals surface area contributed by atoms with Crippen molar-refractivity contribution in [1.29, 1.82) is 0 Å².